The Hall–Kier alpha value is -0.490. The van der Waals surface area contributed by atoms with E-state index in [0.29, 0.717) is 51.2 Å². The number of anilines is 1. The molecule has 0 saturated carbocycles. The second kappa shape index (κ2) is 18.0. The van der Waals surface area contributed by atoms with Crippen molar-refractivity contribution in [3.8, 4) is 17.2 Å². The van der Waals surface area contributed by atoms with Crippen LogP contribution in [0.5, 0.6) is 17.2 Å². The largest absolute Gasteiger partial charge is 1.00 e. The molecule has 0 fully saturated rings. The maximum atomic E-state index is 11.8. The number of carbonyl (C=O) groups is 2. The number of halogens is 6. The number of fused-ring (bicyclic) bond motifs is 1. The first kappa shape index (κ1) is 39.9. The van der Waals surface area contributed by atoms with Crippen LogP contribution in [0.3, 0.4) is 0 Å². The number of ether oxygens (including phenoxy) is 1. The van der Waals surface area contributed by atoms with E-state index in [2.05, 4.69) is 55.5 Å². The summed E-state index contributed by atoms with van der Waals surface area (Å²) in [5.41, 5.74) is 8.52. The average Bonchev–Trinajstić information content (AvgIpc) is 3.09. The molecule has 0 bridgehead atoms. The first-order valence-corrected chi connectivity index (χ1v) is 17.7. The van der Waals surface area contributed by atoms with Crippen molar-refractivity contribution in [1.29, 1.82) is 0 Å². The third-order valence-electron chi connectivity index (χ3n) is 6.14. The number of aliphatic imine (C=N–C) groups is 1. The molecule has 1 aliphatic rings. The number of aliphatic hydroxyl groups is 1. The maximum absolute atomic E-state index is 11.8. The monoisotopic (exact) mass is 1120 g/mol. The molecule has 16 heteroatoms. The summed E-state index contributed by atoms with van der Waals surface area (Å²) in [7, 11) is 0. The second-order valence-corrected chi connectivity index (χ2v) is 14.9. The molecule has 46 heavy (non-hydrogen) atoms. The Morgan fingerprint density at radius 3 is 2.17 bits per heavy atom. The number of aliphatic hydroxyl groups excluding tert-OH is 1. The molecule has 4 aromatic carbocycles. The van der Waals surface area contributed by atoms with E-state index in [-0.39, 0.29) is 41.7 Å². The topological polar surface area (TPSA) is 157 Å². The van der Waals surface area contributed by atoms with Crippen LogP contribution in [0.4, 0.5) is 5.69 Å². The van der Waals surface area contributed by atoms with Crippen molar-refractivity contribution in [3.63, 3.8) is 0 Å². The van der Waals surface area contributed by atoms with E-state index in [1.54, 1.807) is 54.6 Å². The van der Waals surface area contributed by atoms with E-state index < -0.39 is 24.1 Å². The van der Waals surface area contributed by atoms with Crippen molar-refractivity contribution in [2.45, 2.75) is 18.7 Å². The first-order chi connectivity index (χ1) is 21.2. The van der Waals surface area contributed by atoms with Gasteiger partial charge in [-0.2, -0.15) is 0 Å². The van der Waals surface area contributed by atoms with Gasteiger partial charge in [0.15, 0.2) is 5.75 Å². The molecule has 0 spiro atoms. The fourth-order valence-corrected chi connectivity index (χ4v) is 8.25. The summed E-state index contributed by atoms with van der Waals surface area (Å²) in [5, 5.41) is 34.1. The van der Waals surface area contributed by atoms with Gasteiger partial charge in [0, 0.05) is 27.2 Å². The van der Waals surface area contributed by atoms with Gasteiger partial charge < -0.3 is 35.9 Å². The Morgan fingerprint density at radius 2 is 1.59 bits per heavy atom. The summed E-state index contributed by atoms with van der Waals surface area (Å²) in [6, 6.07) is 18.2. The number of phenolic OH excluding ortho intramolecular Hbond substituents is 1. The van der Waals surface area contributed by atoms with Crippen LogP contribution in [0.25, 0.3) is 0 Å². The Kier molecular flexibility index (Phi) is 15.6. The Labute approximate surface area is 350 Å². The number of benzodiazepines with no additional fused rings is 1. The van der Waals surface area contributed by atoms with Gasteiger partial charge in [-0.25, -0.2) is 4.99 Å². The number of carboxylic acid groups (broad SMARTS) is 1. The summed E-state index contributed by atoms with van der Waals surface area (Å²) >= 11 is 20.6. The number of amides is 1. The summed E-state index contributed by atoms with van der Waals surface area (Å²) in [6.07, 6.45) is -1.30. The molecule has 0 aromatic heterocycles. The Bertz CT molecular complexity index is 1790. The molecule has 2 atom stereocenters. The molecule has 1 unspecified atom stereocenters. The molecule has 0 saturated heterocycles. The molecule has 1 heterocycles. The average molecular weight is 1120 g/mol. The molecule has 234 valence electrons. The summed E-state index contributed by atoms with van der Waals surface area (Å²) in [4.78, 5) is 26.7. The zero-order valence-corrected chi connectivity index (χ0v) is 35.7. The number of nitrogens with two attached hydrogens (primary N) is 1. The van der Waals surface area contributed by atoms with E-state index >= 15 is 0 Å². The van der Waals surface area contributed by atoms with E-state index in [0.717, 1.165) is 12.7 Å². The third-order valence-corrected chi connectivity index (χ3v) is 9.95. The van der Waals surface area contributed by atoms with Gasteiger partial charge in [-0.1, -0.05) is 41.4 Å². The fourth-order valence-electron chi connectivity index (χ4n) is 4.02. The van der Waals surface area contributed by atoms with Crippen LogP contribution < -0.4 is 50.5 Å². The van der Waals surface area contributed by atoms with Crippen molar-refractivity contribution in [3.05, 3.63) is 108 Å². The number of benzene rings is 4. The van der Waals surface area contributed by atoms with Crippen LogP contribution in [0, 0.1) is 14.3 Å². The molecule has 5 N–H and O–H groups in total. The van der Waals surface area contributed by atoms with Gasteiger partial charge in [0.1, 0.15) is 11.5 Å². The number of aromatic hydroxyl groups is 1. The summed E-state index contributed by atoms with van der Waals surface area (Å²) in [5.74, 6) is -0.329. The molecule has 1 aliphatic heterocycles. The molecule has 5 rings (SSSR count). The Morgan fingerprint density at radius 1 is 0.978 bits per heavy atom. The predicted octanol–water partition coefficient (Wildman–Crippen LogP) is 3.33. The normalized spacial score (nSPS) is 14.3. The van der Waals surface area contributed by atoms with Crippen molar-refractivity contribution in [2.24, 2.45) is 10.7 Å². The van der Waals surface area contributed by atoms with Crippen molar-refractivity contribution in [2.75, 3.05) is 5.32 Å². The van der Waals surface area contributed by atoms with Crippen LogP contribution in [-0.4, -0.2) is 40.1 Å². The van der Waals surface area contributed by atoms with E-state index in [9.17, 15) is 24.9 Å². The number of carboxylic acids is 1. The van der Waals surface area contributed by atoms with Gasteiger partial charge >= 0.3 is 29.6 Å². The minimum atomic E-state index is -1.50. The van der Waals surface area contributed by atoms with Crippen LogP contribution in [0.1, 0.15) is 16.7 Å². The SMILES string of the molecule is N[C@@H](Cc1cc(I)c(Oc2cc(I)c(O)c(I)c2)c(I)c1)C(=O)[O-].O=C1Nc2ccc(Cl)cc2C(c2ccccc2Cl)=NC1O.[Na+]. The minimum Gasteiger partial charge on any atom is -0.548 e. The smallest absolute Gasteiger partial charge is 0.548 e. The van der Waals surface area contributed by atoms with Crippen molar-refractivity contribution in [1.82, 2.24) is 0 Å². The van der Waals surface area contributed by atoms with Gasteiger partial charge in [0.2, 0.25) is 6.23 Å². The quantitative estimate of drug-likeness (QED) is 0.171. The fraction of sp³-hybridized carbons (Fsp3) is 0.100. The maximum Gasteiger partial charge on any atom is 1.00 e. The van der Waals surface area contributed by atoms with Gasteiger partial charge in [-0.05, 0) is 151 Å². The predicted molar refractivity (Wildman–Crippen MR) is 205 cm³/mol. The number of nitrogens with zero attached hydrogens (tertiary/aromatic N) is 1. The molecular formula is C30H20Cl2I4N3NaO6. The zero-order chi connectivity index (χ0) is 33.0. The molecule has 9 nitrogen and oxygen atoms in total. The van der Waals surface area contributed by atoms with E-state index in [4.69, 9.17) is 33.7 Å². The molecule has 0 aliphatic carbocycles. The Balaban J connectivity index is 0.000000247. The number of rotatable bonds is 6. The number of carbonyl (C=O) groups excluding carboxylic acids is 2. The first-order valence-electron chi connectivity index (χ1n) is 12.7. The number of phenols is 1. The second-order valence-electron chi connectivity index (χ2n) is 9.37. The summed E-state index contributed by atoms with van der Waals surface area (Å²) in [6.45, 7) is 0. The zero-order valence-electron chi connectivity index (χ0n) is 23.5. The van der Waals surface area contributed by atoms with Crippen molar-refractivity contribution < 1.29 is 59.2 Å². The number of aliphatic carboxylic acids is 1. The van der Waals surface area contributed by atoms with E-state index in [1.165, 1.54) is 0 Å². The molecule has 0 radical (unpaired) electrons. The minimum absolute atomic E-state index is 0. The number of hydrogen-bond acceptors (Lipinski definition) is 8. The van der Waals surface area contributed by atoms with Crippen LogP contribution in [0.15, 0.2) is 71.7 Å². The van der Waals surface area contributed by atoms with Crippen molar-refractivity contribution >= 4 is 137 Å². The van der Waals surface area contributed by atoms with Crippen LogP contribution in [0.2, 0.25) is 10.0 Å². The molecule has 1 amide bonds. The number of nitrogens with one attached hydrogen (secondary N) is 1. The summed E-state index contributed by atoms with van der Waals surface area (Å²) < 4.78 is 9.07. The van der Waals surface area contributed by atoms with Gasteiger partial charge in [-0.15, -0.1) is 0 Å². The van der Waals surface area contributed by atoms with Crippen LogP contribution >= 0.6 is 114 Å². The molecular weight excluding hydrogens is 1100 g/mol. The van der Waals surface area contributed by atoms with Gasteiger partial charge in [-0.3, -0.25) is 4.79 Å². The number of hydrogen-bond donors (Lipinski definition) is 4. The van der Waals surface area contributed by atoms with Gasteiger partial charge in [0.25, 0.3) is 5.91 Å². The standard InChI is InChI=1S/C15H10Cl2N2O2.C15H11I4NO4.Na/c16-8-5-6-12-10(7-8)13(19-15(21)14(20)18-12)9-3-1-2-4-11(9)17;16-8-4-7(5-9(17)13(8)21)24-14-10(18)1-6(2-11(14)19)3-12(20)15(22)23;/h1-7,15,21H,(H,18,20);1-2,4-5,12,21H,3,20H2,(H,22,23);/q;;+1/p-1/t;12-;/m.0./s1. The van der Waals surface area contributed by atoms with E-state index in [1.807, 2.05) is 57.3 Å². The molecule has 4 aromatic rings. The van der Waals surface area contributed by atoms with Gasteiger partial charge in [0.05, 0.1) is 31.6 Å². The van der Waals surface area contributed by atoms with Crippen LogP contribution in [-0.2, 0) is 16.0 Å². The third kappa shape index (κ3) is 10.3.